The fourth-order valence-corrected chi connectivity index (χ4v) is 4.29. The van der Waals surface area contributed by atoms with Gasteiger partial charge in [0.2, 0.25) is 5.91 Å². The van der Waals surface area contributed by atoms with E-state index in [2.05, 4.69) is 20.4 Å². The van der Waals surface area contributed by atoms with Gasteiger partial charge in [-0.1, -0.05) is 11.3 Å². The molecule has 0 atom stereocenters. The van der Waals surface area contributed by atoms with E-state index in [9.17, 15) is 18.0 Å². The van der Waals surface area contributed by atoms with E-state index in [4.69, 9.17) is 0 Å². The number of thiazole rings is 1. The Morgan fingerprint density at radius 1 is 1.23 bits per heavy atom. The number of hydrogen-bond acceptors (Lipinski definition) is 9. The van der Waals surface area contributed by atoms with Crippen LogP contribution in [0, 0.1) is 0 Å². The first-order valence-corrected chi connectivity index (χ1v) is 11.4. The number of amides is 1. The van der Waals surface area contributed by atoms with Gasteiger partial charge >= 0.3 is 5.69 Å². The highest BCUT2D eigenvalue weighted by atomic mass is 32.2. The van der Waals surface area contributed by atoms with Gasteiger partial charge < -0.3 is 10.2 Å². The van der Waals surface area contributed by atoms with E-state index in [1.165, 1.54) is 46.3 Å². The molecule has 1 aromatic carbocycles. The van der Waals surface area contributed by atoms with E-state index in [-0.39, 0.29) is 11.4 Å². The van der Waals surface area contributed by atoms with Crippen LogP contribution in [-0.4, -0.2) is 58.8 Å². The average Bonchev–Trinajstić information content (AvgIpc) is 3.23. The van der Waals surface area contributed by atoms with Gasteiger partial charge in [-0.25, -0.2) is 27.3 Å². The Balaban J connectivity index is 1.60. The Morgan fingerprint density at radius 3 is 2.57 bits per heavy atom. The molecule has 13 heteroatoms. The molecule has 0 unspecified atom stereocenters. The summed E-state index contributed by atoms with van der Waals surface area (Å²) in [5.41, 5.74) is 0.762. The number of fused-ring (bicyclic) bond motifs is 3. The van der Waals surface area contributed by atoms with Crippen LogP contribution in [0.4, 0.5) is 10.8 Å². The molecule has 0 saturated heterocycles. The summed E-state index contributed by atoms with van der Waals surface area (Å²) in [7, 11) is 0.385. The van der Waals surface area contributed by atoms with Crippen LogP contribution in [-0.2, 0) is 21.2 Å². The lowest BCUT2D eigenvalue weighted by Crippen LogP contribution is -2.28. The van der Waals surface area contributed by atoms with Crippen molar-refractivity contribution >= 4 is 53.9 Å². The Labute approximate surface area is 174 Å². The van der Waals surface area contributed by atoms with Crippen molar-refractivity contribution in [3.05, 3.63) is 41.1 Å². The number of benzene rings is 1. The van der Waals surface area contributed by atoms with Crippen LogP contribution >= 0.6 is 11.3 Å². The number of hydrogen-bond donors (Lipinski definition) is 1. The summed E-state index contributed by atoms with van der Waals surface area (Å²) in [5, 5.41) is 7.63. The van der Waals surface area contributed by atoms with Gasteiger partial charge in [0.25, 0.3) is 0 Å². The molecule has 0 saturated carbocycles. The first-order valence-electron chi connectivity index (χ1n) is 8.65. The summed E-state index contributed by atoms with van der Waals surface area (Å²) in [5.74, 6) is -0.477. The molecule has 3 aromatic heterocycles. The molecule has 11 nitrogen and oxygen atoms in total. The predicted octanol–water partition coefficient (Wildman–Crippen LogP) is 0.609. The van der Waals surface area contributed by atoms with E-state index in [1.54, 1.807) is 0 Å². The quantitative estimate of drug-likeness (QED) is 0.471. The Kier molecular flexibility index (Phi) is 4.78. The summed E-state index contributed by atoms with van der Waals surface area (Å²) in [6.45, 7) is -0.310. The molecule has 0 fully saturated rings. The third kappa shape index (κ3) is 3.64. The zero-order valence-corrected chi connectivity index (χ0v) is 17.9. The van der Waals surface area contributed by atoms with E-state index in [1.807, 2.05) is 19.0 Å². The number of anilines is 2. The maximum Gasteiger partial charge on any atom is 0.352 e. The lowest BCUT2D eigenvalue weighted by Gasteiger charge is -2.05. The highest BCUT2D eigenvalue weighted by Crippen LogP contribution is 2.28. The van der Waals surface area contributed by atoms with Crippen LogP contribution < -0.4 is 15.9 Å². The number of nitrogens with zero attached hydrogens (tertiary/aromatic N) is 6. The highest BCUT2D eigenvalue weighted by molar-refractivity contribution is 7.90. The number of sulfone groups is 1. The van der Waals surface area contributed by atoms with Crippen molar-refractivity contribution in [3.8, 4) is 0 Å². The first-order chi connectivity index (χ1) is 14.1. The summed E-state index contributed by atoms with van der Waals surface area (Å²) >= 11 is 1.35. The van der Waals surface area contributed by atoms with Crippen LogP contribution in [0.25, 0.3) is 16.0 Å². The molecule has 4 aromatic rings. The molecule has 1 amide bonds. The molecule has 30 heavy (non-hydrogen) atoms. The Hall–Kier alpha value is -3.32. The van der Waals surface area contributed by atoms with Crippen LogP contribution in [0.3, 0.4) is 0 Å². The number of aromatic nitrogens is 5. The highest BCUT2D eigenvalue weighted by Gasteiger charge is 2.17. The van der Waals surface area contributed by atoms with E-state index in [0.29, 0.717) is 21.7 Å². The molecule has 3 heterocycles. The van der Waals surface area contributed by atoms with Gasteiger partial charge in [0, 0.05) is 26.0 Å². The van der Waals surface area contributed by atoms with Crippen molar-refractivity contribution in [1.82, 2.24) is 24.1 Å². The van der Waals surface area contributed by atoms with Crippen molar-refractivity contribution < 1.29 is 13.2 Å². The van der Waals surface area contributed by atoms with Crippen LogP contribution in [0.2, 0.25) is 0 Å². The lowest BCUT2D eigenvalue weighted by atomic mass is 10.3. The van der Waals surface area contributed by atoms with E-state index in [0.717, 1.165) is 16.1 Å². The lowest BCUT2D eigenvalue weighted by molar-refractivity contribution is -0.117. The molecule has 0 radical (unpaired) electrons. The van der Waals surface area contributed by atoms with Crippen LogP contribution in [0.5, 0.6) is 0 Å². The molecule has 0 bridgehead atoms. The number of nitrogens with one attached hydrogen (secondary N) is 1. The van der Waals surface area contributed by atoms with Crippen molar-refractivity contribution in [1.29, 1.82) is 0 Å². The van der Waals surface area contributed by atoms with Crippen molar-refractivity contribution in [2.75, 3.05) is 30.6 Å². The molecule has 0 aliphatic rings. The second-order valence-corrected chi connectivity index (χ2v) is 9.76. The second kappa shape index (κ2) is 7.18. The van der Waals surface area contributed by atoms with Gasteiger partial charge in [-0.15, -0.1) is 5.10 Å². The van der Waals surface area contributed by atoms with Gasteiger partial charge in [0.05, 0.1) is 4.90 Å². The zero-order valence-electron chi connectivity index (χ0n) is 16.2. The van der Waals surface area contributed by atoms with Gasteiger partial charge in [-0.2, -0.15) is 4.98 Å². The van der Waals surface area contributed by atoms with Crippen molar-refractivity contribution in [3.63, 3.8) is 0 Å². The largest absolute Gasteiger partial charge is 0.354 e. The topological polar surface area (TPSA) is 132 Å². The predicted molar refractivity (Wildman–Crippen MR) is 113 cm³/mol. The Morgan fingerprint density at radius 2 is 1.93 bits per heavy atom. The van der Waals surface area contributed by atoms with Crippen molar-refractivity contribution in [2.45, 2.75) is 11.4 Å². The fraction of sp³-hybridized carbons (Fsp3) is 0.235. The molecule has 0 aliphatic heterocycles. The monoisotopic (exact) mass is 447 g/mol. The molecular formula is C17H17N7O4S2. The molecule has 156 valence electrons. The Bertz CT molecular complexity index is 1430. The summed E-state index contributed by atoms with van der Waals surface area (Å²) in [6.07, 6.45) is 2.44. The molecular weight excluding hydrogens is 430 g/mol. The zero-order chi connectivity index (χ0) is 21.6. The summed E-state index contributed by atoms with van der Waals surface area (Å²) in [4.78, 5) is 35.6. The third-order valence-electron chi connectivity index (χ3n) is 4.21. The smallest absolute Gasteiger partial charge is 0.352 e. The van der Waals surface area contributed by atoms with Gasteiger partial charge in [0.1, 0.15) is 17.6 Å². The number of carbonyl (C=O) groups is 1. The minimum Gasteiger partial charge on any atom is -0.354 e. The summed E-state index contributed by atoms with van der Waals surface area (Å²) in [6, 6.07) is 5.76. The minimum atomic E-state index is -3.32. The first kappa shape index (κ1) is 20.0. The average molecular weight is 448 g/mol. The number of rotatable bonds is 5. The van der Waals surface area contributed by atoms with Crippen molar-refractivity contribution in [2.24, 2.45) is 0 Å². The van der Waals surface area contributed by atoms with Crippen LogP contribution in [0.15, 0.2) is 40.3 Å². The van der Waals surface area contributed by atoms with E-state index < -0.39 is 21.4 Å². The van der Waals surface area contributed by atoms with Gasteiger partial charge in [-0.05, 0) is 24.3 Å². The fourth-order valence-electron chi connectivity index (χ4n) is 2.74. The van der Waals surface area contributed by atoms with Gasteiger partial charge in [0.15, 0.2) is 26.3 Å². The molecule has 0 spiro atoms. The SMILES string of the molecule is CN(C)c1nc2ncn3c(=O)n(CC(=O)Nc4ccc(S(C)(=O)=O)cc4)nc3c2s1. The standard InChI is InChI=1S/C17H17N7O4S2/c1-22(2)16-20-14-13(29-16)15-21-24(17(26)23(15)9-18-14)8-12(25)19-10-4-6-11(7-5-10)30(3,27)28/h4-7,9H,8H2,1-3H3,(H,19,25). The van der Waals surface area contributed by atoms with Gasteiger partial charge in [-0.3, -0.25) is 4.79 Å². The maximum atomic E-state index is 12.6. The second-order valence-electron chi connectivity index (χ2n) is 6.77. The van der Waals surface area contributed by atoms with E-state index >= 15 is 0 Å². The van der Waals surface area contributed by atoms with Crippen LogP contribution in [0.1, 0.15) is 0 Å². The number of carbonyl (C=O) groups excluding carboxylic acids is 1. The normalized spacial score (nSPS) is 11.8. The molecule has 1 N–H and O–H groups in total. The maximum absolute atomic E-state index is 12.6. The summed E-state index contributed by atoms with van der Waals surface area (Å²) < 4.78 is 26.0. The third-order valence-corrected chi connectivity index (χ3v) is 6.55. The minimum absolute atomic E-state index is 0.148. The molecule has 4 rings (SSSR count). The molecule has 0 aliphatic carbocycles.